The highest BCUT2D eigenvalue weighted by atomic mass is 79.9. The summed E-state index contributed by atoms with van der Waals surface area (Å²) in [6.07, 6.45) is 1.07. The fraction of sp³-hybridized carbons (Fsp3) is 0.462. The molecule has 0 aliphatic rings. The topological polar surface area (TPSA) is 17.8 Å². The van der Waals surface area contributed by atoms with Crippen LogP contribution in [0.2, 0.25) is 0 Å². The number of hydrogen-bond donors (Lipinski definition) is 0. The lowest BCUT2D eigenvalue weighted by Crippen LogP contribution is -2.08. The minimum absolute atomic E-state index is 0.0739. The molecule has 2 rings (SSSR count). The highest BCUT2D eigenvalue weighted by molar-refractivity contribution is 9.10. The molecule has 2 unspecified atom stereocenters. The third-order valence-corrected chi connectivity index (χ3v) is 3.75. The summed E-state index contributed by atoms with van der Waals surface area (Å²) in [4.78, 5) is 4.64. The van der Waals surface area contributed by atoms with Crippen molar-refractivity contribution in [2.24, 2.45) is 0 Å². The SMILES string of the molecule is CCC(C)n1c(C(C)Cl)nc2cc(Br)ccc21. The summed E-state index contributed by atoms with van der Waals surface area (Å²) in [5, 5.41) is -0.0739. The van der Waals surface area contributed by atoms with Gasteiger partial charge in [-0.05, 0) is 38.5 Å². The largest absolute Gasteiger partial charge is 0.324 e. The molecule has 0 aliphatic carbocycles. The number of alkyl halides is 1. The van der Waals surface area contributed by atoms with Gasteiger partial charge in [-0.3, -0.25) is 0 Å². The fourth-order valence-corrected chi connectivity index (χ4v) is 2.52. The maximum absolute atomic E-state index is 6.23. The van der Waals surface area contributed by atoms with Crippen molar-refractivity contribution < 1.29 is 0 Å². The van der Waals surface area contributed by atoms with Gasteiger partial charge in [-0.1, -0.05) is 22.9 Å². The van der Waals surface area contributed by atoms with Gasteiger partial charge in [0.2, 0.25) is 0 Å². The molecule has 0 N–H and O–H groups in total. The van der Waals surface area contributed by atoms with E-state index in [2.05, 4.69) is 45.4 Å². The van der Waals surface area contributed by atoms with Gasteiger partial charge in [0, 0.05) is 10.5 Å². The summed E-state index contributed by atoms with van der Waals surface area (Å²) in [6.45, 7) is 6.35. The molecule has 92 valence electrons. The summed E-state index contributed by atoms with van der Waals surface area (Å²) in [6, 6.07) is 6.60. The number of halogens is 2. The smallest absolute Gasteiger partial charge is 0.127 e. The van der Waals surface area contributed by atoms with Crippen molar-refractivity contribution >= 4 is 38.6 Å². The van der Waals surface area contributed by atoms with Gasteiger partial charge >= 0.3 is 0 Å². The van der Waals surface area contributed by atoms with Gasteiger partial charge < -0.3 is 4.57 Å². The molecular formula is C13H16BrClN2. The monoisotopic (exact) mass is 314 g/mol. The second-order valence-corrected chi connectivity index (χ2v) is 5.92. The zero-order valence-corrected chi connectivity index (χ0v) is 12.6. The Morgan fingerprint density at radius 2 is 2.12 bits per heavy atom. The standard InChI is InChI=1S/C13H16BrClN2/c1-4-8(2)17-12-6-5-10(14)7-11(12)16-13(17)9(3)15/h5-9H,4H2,1-3H3. The van der Waals surface area contributed by atoms with Gasteiger partial charge in [0.15, 0.2) is 0 Å². The van der Waals surface area contributed by atoms with E-state index in [0.717, 1.165) is 27.8 Å². The van der Waals surface area contributed by atoms with E-state index < -0.39 is 0 Å². The van der Waals surface area contributed by atoms with Crippen molar-refractivity contribution in [1.82, 2.24) is 9.55 Å². The average Bonchev–Trinajstić information content (AvgIpc) is 2.66. The Morgan fingerprint density at radius 1 is 1.41 bits per heavy atom. The summed E-state index contributed by atoms with van der Waals surface area (Å²) >= 11 is 9.70. The van der Waals surface area contributed by atoms with Crippen LogP contribution in [0.3, 0.4) is 0 Å². The van der Waals surface area contributed by atoms with Crippen molar-refractivity contribution in [2.75, 3.05) is 0 Å². The molecule has 0 fully saturated rings. The van der Waals surface area contributed by atoms with E-state index in [1.165, 1.54) is 0 Å². The van der Waals surface area contributed by atoms with Crippen molar-refractivity contribution in [1.29, 1.82) is 0 Å². The molecule has 0 bridgehead atoms. The lowest BCUT2D eigenvalue weighted by molar-refractivity contribution is 0.522. The third kappa shape index (κ3) is 2.36. The van der Waals surface area contributed by atoms with E-state index in [1.54, 1.807) is 0 Å². The molecule has 0 amide bonds. The molecule has 0 radical (unpaired) electrons. The van der Waals surface area contributed by atoms with Crippen LogP contribution in [0, 0.1) is 0 Å². The minimum atomic E-state index is -0.0739. The molecule has 2 atom stereocenters. The number of rotatable bonds is 3. The Balaban J connectivity index is 2.71. The van der Waals surface area contributed by atoms with E-state index in [9.17, 15) is 0 Å². The number of hydrogen-bond acceptors (Lipinski definition) is 1. The molecular weight excluding hydrogens is 300 g/mol. The number of nitrogens with zero attached hydrogens (tertiary/aromatic N) is 2. The first kappa shape index (κ1) is 12.9. The third-order valence-electron chi connectivity index (χ3n) is 3.07. The first-order valence-corrected chi connectivity index (χ1v) is 7.09. The van der Waals surface area contributed by atoms with Crippen molar-refractivity contribution in [2.45, 2.75) is 38.6 Å². The van der Waals surface area contributed by atoms with E-state index in [-0.39, 0.29) is 5.38 Å². The summed E-state index contributed by atoms with van der Waals surface area (Å²) in [5.41, 5.74) is 2.16. The van der Waals surface area contributed by atoms with Crippen molar-refractivity contribution in [3.05, 3.63) is 28.5 Å². The Hall–Kier alpha value is -0.540. The summed E-state index contributed by atoms with van der Waals surface area (Å²) < 4.78 is 3.30. The quantitative estimate of drug-likeness (QED) is 0.723. The molecule has 4 heteroatoms. The second kappa shape index (κ2) is 4.99. The Labute approximate surface area is 115 Å². The maximum atomic E-state index is 6.23. The van der Waals surface area contributed by atoms with Gasteiger partial charge in [-0.15, -0.1) is 11.6 Å². The predicted molar refractivity (Wildman–Crippen MR) is 76.7 cm³/mol. The van der Waals surface area contributed by atoms with Gasteiger partial charge in [0.1, 0.15) is 5.82 Å². The van der Waals surface area contributed by atoms with Crippen LogP contribution in [0.15, 0.2) is 22.7 Å². The molecule has 2 nitrogen and oxygen atoms in total. The molecule has 1 aromatic heterocycles. The fourth-order valence-electron chi connectivity index (χ4n) is 2.02. The minimum Gasteiger partial charge on any atom is -0.324 e. The van der Waals surface area contributed by atoms with Crippen LogP contribution in [0.25, 0.3) is 11.0 Å². The van der Waals surface area contributed by atoms with Crippen LogP contribution in [-0.2, 0) is 0 Å². The second-order valence-electron chi connectivity index (χ2n) is 4.35. The molecule has 0 saturated heterocycles. The Morgan fingerprint density at radius 3 is 2.71 bits per heavy atom. The van der Waals surface area contributed by atoms with Gasteiger partial charge in [-0.2, -0.15) is 0 Å². The number of imidazole rings is 1. The van der Waals surface area contributed by atoms with Crippen LogP contribution in [0.5, 0.6) is 0 Å². The van der Waals surface area contributed by atoms with Crippen molar-refractivity contribution in [3.63, 3.8) is 0 Å². The first-order chi connectivity index (χ1) is 8.04. The van der Waals surface area contributed by atoms with Crippen molar-refractivity contribution in [3.8, 4) is 0 Å². The molecule has 0 saturated carbocycles. The molecule has 0 aliphatic heterocycles. The first-order valence-electron chi connectivity index (χ1n) is 5.86. The zero-order chi connectivity index (χ0) is 12.6. The Kier molecular flexibility index (Phi) is 3.79. The lowest BCUT2D eigenvalue weighted by Gasteiger charge is -2.16. The van der Waals surface area contributed by atoms with Crippen LogP contribution < -0.4 is 0 Å². The van der Waals surface area contributed by atoms with E-state index in [1.807, 2.05) is 19.1 Å². The Bertz CT molecular complexity index is 533. The van der Waals surface area contributed by atoms with Gasteiger partial charge in [0.05, 0.1) is 16.4 Å². The summed E-state index contributed by atoms with van der Waals surface area (Å²) in [5.74, 6) is 0.953. The van der Waals surface area contributed by atoms with Gasteiger partial charge in [0.25, 0.3) is 0 Å². The van der Waals surface area contributed by atoms with Crippen LogP contribution in [-0.4, -0.2) is 9.55 Å². The molecule has 1 heterocycles. The number of aromatic nitrogens is 2. The van der Waals surface area contributed by atoms with Gasteiger partial charge in [-0.25, -0.2) is 4.98 Å². The molecule has 0 spiro atoms. The molecule has 17 heavy (non-hydrogen) atoms. The number of benzene rings is 1. The molecule has 1 aromatic carbocycles. The number of fused-ring (bicyclic) bond motifs is 1. The van der Waals surface area contributed by atoms with Crippen LogP contribution in [0.1, 0.15) is 44.4 Å². The van der Waals surface area contributed by atoms with Crippen LogP contribution >= 0.6 is 27.5 Å². The summed E-state index contributed by atoms with van der Waals surface area (Å²) in [7, 11) is 0. The average molecular weight is 316 g/mol. The lowest BCUT2D eigenvalue weighted by atomic mass is 10.2. The maximum Gasteiger partial charge on any atom is 0.127 e. The van der Waals surface area contributed by atoms with E-state index >= 15 is 0 Å². The van der Waals surface area contributed by atoms with E-state index in [4.69, 9.17) is 11.6 Å². The highest BCUT2D eigenvalue weighted by Gasteiger charge is 2.18. The predicted octanol–water partition coefficient (Wildman–Crippen LogP) is 5.07. The van der Waals surface area contributed by atoms with Crippen LogP contribution in [0.4, 0.5) is 0 Å². The highest BCUT2D eigenvalue weighted by Crippen LogP contribution is 2.30. The van der Waals surface area contributed by atoms with E-state index in [0.29, 0.717) is 6.04 Å². The zero-order valence-electron chi connectivity index (χ0n) is 10.2. The normalized spacial score (nSPS) is 15.1. The molecule has 2 aromatic rings.